The van der Waals surface area contributed by atoms with Crippen molar-refractivity contribution in [3.05, 3.63) is 38.8 Å². The molecule has 1 heterocycles. The highest BCUT2D eigenvalue weighted by Crippen LogP contribution is 2.08. The SMILES string of the molecule is C=C.C=CN1CCCC1=O.C=COC(C)=O. The average Bonchev–Trinajstić information content (AvgIpc) is 2.67. The van der Waals surface area contributed by atoms with E-state index in [2.05, 4.69) is 31.1 Å². The van der Waals surface area contributed by atoms with Crippen LogP contribution in [0.1, 0.15) is 19.8 Å². The quantitative estimate of drug-likeness (QED) is 0.411. The molecule has 0 radical (unpaired) electrons. The molecule has 0 aromatic rings. The first kappa shape index (κ1) is 16.6. The Hall–Kier alpha value is -1.84. The smallest absolute Gasteiger partial charge is 0.307 e. The Kier molecular flexibility index (Phi) is 11.6. The zero-order valence-electron chi connectivity index (χ0n) is 9.78. The molecule has 4 nitrogen and oxygen atoms in total. The van der Waals surface area contributed by atoms with Crippen molar-refractivity contribution in [1.82, 2.24) is 4.90 Å². The minimum atomic E-state index is -0.329. The molecule has 0 aromatic carbocycles. The normalized spacial score (nSPS) is 12.6. The molecule has 16 heavy (non-hydrogen) atoms. The van der Waals surface area contributed by atoms with Crippen molar-refractivity contribution in [3.63, 3.8) is 0 Å². The van der Waals surface area contributed by atoms with Crippen molar-refractivity contribution in [2.24, 2.45) is 0 Å². The van der Waals surface area contributed by atoms with Crippen LogP contribution in [0.25, 0.3) is 0 Å². The second-order valence-corrected chi connectivity index (χ2v) is 2.65. The van der Waals surface area contributed by atoms with Crippen LogP contribution in [0.3, 0.4) is 0 Å². The molecule has 1 saturated heterocycles. The molecule has 0 unspecified atom stereocenters. The Balaban J connectivity index is 0. The van der Waals surface area contributed by atoms with Gasteiger partial charge in [-0.15, -0.1) is 13.2 Å². The van der Waals surface area contributed by atoms with E-state index in [1.165, 1.54) is 6.92 Å². The van der Waals surface area contributed by atoms with Crippen LogP contribution in [0.2, 0.25) is 0 Å². The van der Waals surface area contributed by atoms with E-state index in [1.807, 2.05) is 0 Å². The molecule has 0 bridgehead atoms. The Bertz CT molecular complexity index is 249. The van der Waals surface area contributed by atoms with Gasteiger partial charge in [-0.25, -0.2) is 0 Å². The van der Waals surface area contributed by atoms with Crippen LogP contribution < -0.4 is 0 Å². The Morgan fingerprint density at radius 3 is 2.12 bits per heavy atom. The molecule has 1 aliphatic rings. The van der Waals surface area contributed by atoms with Gasteiger partial charge in [-0.05, 0) is 12.6 Å². The van der Waals surface area contributed by atoms with Gasteiger partial charge >= 0.3 is 5.97 Å². The number of nitrogens with zero attached hydrogens (tertiary/aromatic N) is 1. The maximum absolute atomic E-state index is 10.7. The highest BCUT2D eigenvalue weighted by atomic mass is 16.5. The fraction of sp³-hybridized carbons (Fsp3) is 0.333. The second-order valence-electron chi connectivity index (χ2n) is 2.65. The molecule has 1 amide bonds. The minimum absolute atomic E-state index is 0.208. The van der Waals surface area contributed by atoms with Gasteiger partial charge in [-0.1, -0.05) is 13.2 Å². The molecular weight excluding hydrogens is 206 g/mol. The van der Waals surface area contributed by atoms with Crippen molar-refractivity contribution in [2.75, 3.05) is 6.54 Å². The van der Waals surface area contributed by atoms with E-state index in [0.717, 1.165) is 19.2 Å². The molecule has 1 fully saturated rings. The van der Waals surface area contributed by atoms with E-state index in [1.54, 1.807) is 11.1 Å². The number of likely N-dealkylation sites (tertiary alicyclic amines) is 1. The van der Waals surface area contributed by atoms with Gasteiger partial charge in [0.15, 0.2) is 0 Å². The first-order valence-corrected chi connectivity index (χ1v) is 4.82. The number of esters is 1. The summed E-state index contributed by atoms with van der Waals surface area (Å²) in [6.45, 7) is 14.8. The standard InChI is InChI=1S/C6H9NO.C4H6O2.C2H4/c1-2-7-5-3-4-6(7)8;1-3-6-4(2)5;1-2/h2H,1,3-5H2;3H,1H2,2H3;1-2H2. The summed E-state index contributed by atoms with van der Waals surface area (Å²) in [4.78, 5) is 22.1. The molecule has 0 saturated carbocycles. The fourth-order valence-electron chi connectivity index (χ4n) is 0.979. The molecule has 1 rings (SSSR count). The number of hydrogen-bond donors (Lipinski definition) is 0. The highest BCUT2D eigenvalue weighted by molar-refractivity contribution is 5.78. The lowest BCUT2D eigenvalue weighted by atomic mass is 10.4. The maximum Gasteiger partial charge on any atom is 0.307 e. The zero-order chi connectivity index (χ0) is 13.0. The Labute approximate surface area is 96.9 Å². The van der Waals surface area contributed by atoms with E-state index in [9.17, 15) is 9.59 Å². The van der Waals surface area contributed by atoms with Gasteiger partial charge in [0.1, 0.15) is 0 Å². The van der Waals surface area contributed by atoms with Gasteiger partial charge in [0.05, 0.1) is 6.26 Å². The third-order valence-corrected chi connectivity index (χ3v) is 1.58. The average molecular weight is 225 g/mol. The van der Waals surface area contributed by atoms with E-state index in [0.29, 0.717) is 6.42 Å². The first-order chi connectivity index (χ1) is 7.61. The van der Waals surface area contributed by atoms with Crippen molar-refractivity contribution in [2.45, 2.75) is 19.8 Å². The van der Waals surface area contributed by atoms with E-state index in [-0.39, 0.29) is 11.9 Å². The lowest BCUT2D eigenvalue weighted by molar-refractivity contribution is -0.135. The molecular formula is C12H19NO3. The van der Waals surface area contributed by atoms with Crippen LogP contribution in [0.5, 0.6) is 0 Å². The van der Waals surface area contributed by atoms with Crippen LogP contribution in [-0.4, -0.2) is 23.3 Å². The molecule has 1 aliphatic heterocycles. The number of carbonyl (C=O) groups is 2. The van der Waals surface area contributed by atoms with E-state index >= 15 is 0 Å². The summed E-state index contributed by atoms with van der Waals surface area (Å²) < 4.78 is 4.17. The number of rotatable bonds is 2. The summed E-state index contributed by atoms with van der Waals surface area (Å²) in [5, 5.41) is 0. The molecule has 0 aromatic heterocycles. The van der Waals surface area contributed by atoms with Crippen LogP contribution in [-0.2, 0) is 14.3 Å². The predicted molar refractivity (Wildman–Crippen MR) is 64.4 cm³/mol. The summed E-state index contributed by atoms with van der Waals surface area (Å²) in [5.41, 5.74) is 0. The molecule has 0 aliphatic carbocycles. The fourth-order valence-corrected chi connectivity index (χ4v) is 0.979. The van der Waals surface area contributed by atoms with Crippen LogP contribution in [0.15, 0.2) is 38.8 Å². The van der Waals surface area contributed by atoms with Gasteiger partial charge in [-0.3, -0.25) is 9.59 Å². The maximum atomic E-state index is 10.7. The van der Waals surface area contributed by atoms with Gasteiger partial charge < -0.3 is 9.64 Å². The van der Waals surface area contributed by atoms with Gasteiger partial charge in [-0.2, -0.15) is 0 Å². The first-order valence-electron chi connectivity index (χ1n) is 4.82. The Morgan fingerprint density at radius 1 is 1.44 bits per heavy atom. The molecule has 90 valence electrons. The number of ether oxygens (including phenoxy) is 1. The summed E-state index contributed by atoms with van der Waals surface area (Å²) in [6.07, 6.45) is 4.38. The molecule has 0 spiro atoms. The van der Waals surface area contributed by atoms with Gasteiger partial charge in [0, 0.05) is 19.9 Å². The summed E-state index contributed by atoms with van der Waals surface area (Å²) in [7, 11) is 0. The Morgan fingerprint density at radius 2 is 2.00 bits per heavy atom. The van der Waals surface area contributed by atoms with Gasteiger partial charge in [0.25, 0.3) is 0 Å². The molecule has 0 N–H and O–H groups in total. The number of hydrogen-bond acceptors (Lipinski definition) is 3. The van der Waals surface area contributed by atoms with E-state index < -0.39 is 0 Å². The number of amides is 1. The van der Waals surface area contributed by atoms with Crippen molar-refractivity contribution in [3.8, 4) is 0 Å². The van der Waals surface area contributed by atoms with Crippen LogP contribution >= 0.6 is 0 Å². The third kappa shape index (κ3) is 8.74. The monoisotopic (exact) mass is 225 g/mol. The van der Waals surface area contributed by atoms with Gasteiger partial charge in [0.2, 0.25) is 5.91 Å². The van der Waals surface area contributed by atoms with Crippen molar-refractivity contribution in [1.29, 1.82) is 0 Å². The molecule has 0 atom stereocenters. The summed E-state index contributed by atoms with van der Waals surface area (Å²) in [6, 6.07) is 0. The number of carbonyl (C=O) groups excluding carboxylic acids is 2. The van der Waals surface area contributed by atoms with Crippen molar-refractivity contribution >= 4 is 11.9 Å². The lowest BCUT2D eigenvalue weighted by Gasteiger charge is -2.05. The third-order valence-electron chi connectivity index (χ3n) is 1.58. The van der Waals surface area contributed by atoms with Crippen LogP contribution in [0, 0.1) is 0 Å². The predicted octanol–water partition coefficient (Wildman–Crippen LogP) is 2.25. The summed E-state index contributed by atoms with van der Waals surface area (Å²) in [5.74, 6) is -0.120. The van der Waals surface area contributed by atoms with Crippen LogP contribution in [0.4, 0.5) is 0 Å². The second kappa shape index (κ2) is 11.2. The highest BCUT2D eigenvalue weighted by Gasteiger charge is 2.15. The zero-order valence-corrected chi connectivity index (χ0v) is 9.78. The topological polar surface area (TPSA) is 46.6 Å². The largest absolute Gasteiger partial charge is 0.435 e. The molecule has 4 heteroatoms. The lowest BCUT2D eigenvalue weighted by Crippen LogP contribution is -2.16. The van der Waals surface area contributed by atoms with Crippen molar-refractivity contribution < 1.29 is 14.3 Å². The van der Waals surface area contributed by atoms with E-state index in [4.69, 9.17) is 0 Å². The minimum Gasteiger partial charge on any atom is -0.435 e. The summed E-state index contributed by atoms with van der Waals surface area (Å²) >= 11 is 0.